The molecule has 1 aromatic rings. The first-order valence-electron chi connectivity index (χ1n) is 11.0. The fraction of sp³-hybridized carbons (Fsp3) is 0.667. The SMILES string of the molecule is CCC(CC)C(=O)N(Cc1cc(NC(=O)CC(C)C)ccc1N(C)C)C(C)CC. The van der Waals surface area contributed by atoms with Crippen LogP contribution in [-0.4, -0.2) is 36.9 Å². The van der Waals surface area contributed by atoms with Gasteiger partial charge in [0.1, 0.15) is 0 Å². The van der Waals surface area contributed by atoms with Gasteiger partial charge in [0.25, 0.3) is 0 Å². The summed E-state index contributed by atoms with van der Waals surface area (Å²) in [4.78, 5) is 29.5. The van der Waals surface area contributed by atoms with Crippen LogP contribution in [0.5, 0.6) is 0 Å². The van der Waals surface area contributed by atoms with Gasteiger partial charge in [-0.1, -0.05) is 34.6 Å². The second kappa shape index (κ2) is 11.8. The summed E-state index contributed by atoms with van der Waals surface area (Å²) in [5.74, 6) is 0.619. The van der Waals surface area contributed by atoms with E-state index in [1.807, 2.05) is 51.0 Å². The lowest BCUT2D eigenvalue weighted by Crippen LogP contribution is -2.41. The van der Waals surface area contributed by atoms with Crippen LogP contribution in [0.15, 0.2) is 18.2 Å². The Kier molecular flexibility index (Phi) is 10.2. The number of carbonyl (C=O) groups is 2. The Morgan fingerprint density at radius 2 is 1.62 bits per heavy atom. The second-order valence-electron chi connectivity index (χ2n) is 8.62. The minimum absolute atomic E-state index is 0.0236. The summed E-state index contributed by atoms with van der Waals surface area (Å²) >= 11 is 0. The van der Waals surface area contributed by atoms with Crippen molar-refractivity contribution < 1.29 is 9.59 Å². The van der Waals surface area contributed by atoms with E-state index in [-0.39, 0.29) is 23.8 Å². The molecular weight excluding hydrogens is 362 g/mol. The van der Waals surface area contributed by atoms with Crippen LogP contribution in [0.4, 0.5) is 11.4 Å². The number of nitrogens with one attached hydrogen (secondary N) is 1. The van der Waals surface area contributed by atoms with Crippen LogP contribution >= 0.6 is 0 Å². The molecular formula is C24H41N3O2. The first kappa shape index (κ1) is 25.0. The van der Waals surface area contributed by atoms with Gasteiger partial charge in [-0.2, -0.15) is 0 Å². The maximum atomic E-state index is 13.2. The Morgan fingerprint density at radius 1 is 1.00 bits per heavy atom. The third-order valence-electron chi connectivity index (χ3n) is 5.52. The van der Waals surface area contributed by atoms with Crippen molar-refractivity contribution >= 4 is 23.2 Å². The van der Waals surface area contributed by atoms with E-state index < -0.39 is 0 Å². The number of hydrogen-bond acceptors (Lipinski definition) is 3. The molecule has 0 aromatic heterocycles. The minimum atomic E-state index is 0.0236. The molecule has 0 spiro atoms. The molecule has 0 aliphatic heterocycles. The lowest BCUT2D eigenvalue weighted by molar-refractivity contribution is -0.138. The zero-order chi connectivity index (χ0) is 22.1. The summed E-state index contributed by atoms with van der Waals surface area (Å²) in [5, 5.41) is 3.01. The third-order valence-corrected chi connectivity index (χ3v) is 5.52. The summed E-state index contributed by atoms with van der Waals surface area (Å²) in [6, 6.07) is 6.14. The molecule has 0 radical (unpaired) electrons. The Hall–Kier alpha value is -2.04. The smallest absolute Gasteiger partial charge is 0.226 e. The third kappa shape index (κ3) is 7.37. The largest absolute Gasteiger partial charge is 0.377 e. The lowest BCUT2D eigenvalue weighted by Gasteiger charge is -2.33. The minimum Gasteiger partial charge on any atom is -0.377 e. The Labute approximate surface area is 177 Å². The van der Waals surface area contributed by atoms with E-state index in [4.69, 9.17) is 0 Å². The van der Waals surface area contributed by atoms with Crippen LogP contribution in [0.2, 0.25) is 0 Å². The summed E-state index contributed by atoms with van der Waals surface area (Å²) in [7, 11) is 4.01. The quantitative estimate of drug-likeness (QED) is 0.545. The van der Waals surface area contributed by atoms with Crippen LogP contribution in [0.25, 0.3) is 0 Å². The summed E-state index contributed by atoms with van der Waals surface area (Å²) < 4.78 is 0. The fourth-order valence-electron chi connectivity index (χ4n) is 3.54. The van der Waals surface area contributed by atoms with Crippen molar-refractivity contribution in [3.63, 3.8) is 0 Å². The zero-order valence-corrected chi connectivity index (χ0v) is 19.7. The molecule has 5 heteroatoms. The molecule has 0 bridgehead atoms. The van der Waals surface area contributed by atoms with Crippen molar-refractivity contribution in [1.29, 1.82) is 0 Å². The normalized spacial score (nSPS) is 12.2. The second-order valence-corrected chi connectivity index (χ2v) is 8.62. The predicted octanol–water partition coefficient (Wildman–Crippen LogP) is 5.30. The summed E-state index contributed by atoms with van der Waals surface area (Å²) in [5.41, 5.74) is 2.91. The van der Waals surface area contributed by atoms with Gasteiger partial charge in [-0.05, 0) is 55.9 Å². The van der Waals surface area contributed by atoms with Crippen molar-refractivity contribution in [3.8, 4) is 0 Å². The first-order chi connectivity index (χ1) is 13.6. The van der Waals surface area contributed by atoms with Crippen molar-refractivity contribution in [2.75, 3.05) is 24.3 Å². The van der Waals surface area contributed by atoms with Gasteiger partial charge in [0.05, 0.1) is 0 Å². The first-order valence-corrected chi connectivity index (χ1v) is 11.0. The van der Waals surface area contributed by atoms with Crippen LogP contribution in [0.1, 0.15) is 72.8 Å². The molecule has 1 N–H and O–H groups in total. The van der Waals surface area contributed by atoms with E-state index in [1.165, 1.54) is 0 Å². The maximum absolute atomic E-state index is 13.2. The van der Waals surface area contributed by atoms with E-state index in [0.29, 0.717) is 18.9 Å². The number of nitrogens with zero attached hydrogens (tertiary/aromatic N) is 2. The molecule has 2 amide bonds. The van der Waals surface area contributed by atoms with E-state index in [1.54, 1.807) is 0 Å². The van der Waals surface area contributed by atoms with Crippen LogP contribution in [0, 0.1) is 11.8 Å². The van der Waals surface area contributed by atoms with Crippen molar-refractivity contribution in [3.05, 3.63) is 23.8 Å². The number of rotatable bonds is 11. The Morgan fingerprint density at radius 3 is 2.10 bits per heavy atom. The van der Waals surface area contributed by atoms with Crippen molar-refractivity contribution in [2.24, 2.45) is 11.8 Å². The predicted molar refractivity (Wildman–Crippen MR) is 123 cm³/mol. The molecule has 164 valence electrons. The van der Waals surface area contributed by atoms with Gasteiger partial charge in [0, 0.05) is 50.4 Å². The van der Waals surface area contributed by atoms with Gasteiger partial charge in [0.2, 0.25) is 11.8 Å². The average molecular weight is 404 g/mol. The molecule has 0 fully saturated rings. The molecule has 5 nitrogen and oxygen atoms in total. The monoisotopic (exact) mass is 403 g/mol. The molecule has 1 rings (SSSR count). The average Bonchev–Trinajstić information content (AvgIpc) is 2.65. The van der Waals surface area contributed by atoms with Crippen molar-refractivity contribution in [1.82, 2.24) is 4.90 Å². The highest BCUT2D eigenvalue weighted by molar-refractivity contribution is 5.91. The van der Waals surface area contributed by atoms with Gasteiger partial charge in [0.15, 0.2) is 0 Å². The van der Waals surface area contributed by atoms with Crippen LogP contribution in [0.3, 0.4) is 0 Å². The summed E-state index contributed by atoms with van der Waals surface area (Å²) in [6.45, 7) is 13.0. The molecule has 1 aromatic carbocycles. The van der Waals surface area contributed by atoms with Gasteiger partial charge in [-0.15, -0.1) is 0 Å². The zero-order valence-electron chi connectivity index (χ0n) is 19.7. The highest BCUT2D eigenvalue weighted by atomic mass is 16.2. The van der Waals surface area contributed by atoms with Crippen LogP contribution in [-0.2, 0) is 16.1 Å². The Balaban J connectivity index is 3.23. The van der Waals surface area contributed by atoms with Crippen LogP contribution < -0.4 is 10.2 Å². The van der Waals surface area contributed by atoms with E-state index in [2.05, 4.69) is 37.9 Å². The fourth-order valence-corrected chi connectivity index (χ4v) is 3.54. The van der Waals surface area contributed by atoms with E-state index in [0.717, 1.165) is 36.2 Å². The number of benzene rings is 1. The number of amides is 2. The molecule has 29 heavy (non-hydrogen) atoms. The molecule has 0 heterocycles. The van der Waals surface area contributed by atoms with E-state index in [9.17, 15) is 9.59 Å². The lowest BCUT2D eigenvalue weighted by atomic mass is 9.99. The number of hydrogen-bond donors (Lipinski definition) is 1. The molecule has 0 aliphatic carbocycles. The van der Waals surface area contributed by atoms with Gasteiger partial charge < -0.3 is 15.1 Å². The highest BCUT2D eigenvalue weighted by Crippen LogP contribution is 2.27. The van der Waals surface area contributed by atoms with Crippen molar-refractivity contribution in [2.45, 2.75) is 79.8 Å². The molecule has 1 atom stereocenters. The molecule has 0 aliphatic rings. The topological polar surface area (TPSA) is 52.7 Å². The number of carbonyl (C=O) groups excluding carboxylic acids is 2. The van der Waals surface area contributed by atoms with Gasteiger partial charge in [-0.25, -0.2) is 0 Å². The molecule has 0 saturated carbocycles. The maximum Gasteiger partial charge on any atom is 0.226 e. The Bertz CT molecular complexity index is 666. The van der Waals surface area contributed by atoms with Gasteiger partial charge >= 0.3 is 0 Å². The molecule has 0 saturated heterocycles. The number of anilines is 2. The summed E-state index contributed by atoms with van der Waals surface area (Å²) in [6.07, 6.45) is 3.12. The molecule has 1 unspecified atom stereocenters. The van der Waals surface area contributed by atoms with Gasteiger partial charge in [-0.3, -0.25) is 9.59 Å². The highest BCUT2D eigenvalue weighted by Gasteiger charge is 2.26. The van der Waals surface area contributed by atoms with E-state index >= 15 is 0 Å². The standard InChI is InChI=1S/C24H41N3O2/c1-9-18(6)27(24(29)19(10-2)11-3)16-20-15-21(12-13-22(20)26(7)8)25-23(28)14-17(4)5/h12-13,15,17-19H,9-11,14,16H2,1-8H3,(H,25,28).